The molecule has 29 heavy (non-hydrogen) atoms. The third-order valence-corrected chi connectivity index (χ3v) is 6.92. The average Bonchev–Trinajstić information content (AvgIpc) is 3.26. The maximum absolute atomic E-state index is 12.3. The third kappa shape index (κ3) is 5.05. The second-order valence-corrected chi connectivity index (χ2v) is 9.18. The fourth-order valence-electron chi connectivity index (χ4n) is 3.30. The molecule has 2 N–H and O–H groups in total. The summed E-state index contributed by atoms with van der Waals surface area (Å²) >= 11 is 2.97. The second kappa shape index (κ2) is 8.80. The number of carbonyl (C=O) groups excluding carboxylic acids is 2. The summed E-state index contributed by atoms with van der Waals surface area (Å²) in [5, 5.41) is 19.7. The SMILES string of the molecule is N#Cc1c(NC(=O)/C=C/c2ccsc2)sc2c1CCC(OC(=O)NCC1CC1)C2. The molecular formula is C21H21N3O3S2. The first kappa shape index (κ1) is 19.7. The number of anilines is 1. The highest BCUT2D eigenvalue weighted by Gasteiger charge is 2.29. The van der Waals surface area contributed by atoms with Gasteiger partial charge in [-0.25, -0.2) is 4.79 Å². The standard InChI is InChI=1S/C21H21N3O3S2/c22-10-17-16-5-4-15(27-21(26)23-11-13-1-2-13)9-18(16)29-20(17)24-19(25)6-3-14-7-8-28-12-14/h3,6-8,12-13,15H,1-2,4-5,9,11H2,(H,23,26)(H,24,25)/b6-3+. The van der Waals surface area contributed by atoms with Crippen molar-refractivity contribution in [2.75, 3.05) is 11.9 Å². The van der Waals surface area contributed by atoms with Crippen molar-refractivity contribution in [1.82, 2.24) is 5.32 Å². The zero-order valence-corrected chi connectivity index (χ0v) is 17.4. The number of nitrogens with one attached hydrogen (secondary N) is 2. The van der Waals surface area contributed by atoms with Gasteiger partial charge in [0.1, 0.15) is 17.2 Å². The van der Waals surface area contributed by atoms with Gasteiger partial charge in [0.2, 0.25) is 5.91 Å². The Hall–Kier alpha value is -2.63. The highest BCUT2D eigenvalue weighted by molar-refractivity contribution is 7.16. The Morgan fingerprint density at radius 3 is 2.93 bits per heavy atom. The molecule has 0 aliphatic heterocycles. The number of thiophene rings is 2. The number of carbonyl (C=O) groups is 2. The van der Waals surface area contributed by atoms with Crippen molar-refractivity contribution >= 4 is 45.8 Å². The van der Waals surface area contributed by atoms with Crippen molar-refractivity contribution in [1.29, 1.82) is 5.26 Å². The van der Waals surface area contributed by atoms with E-state index >= 15 is 0 Å². The number of nitriles is 1. The van der Waals surface area contributed by atoms with Crippen LogP contribution in [0.15, 0.2) is 22.9 Å². The lowest BCUT2D eigenvalue weighted by Crippen LogP contribution is -2.32. The van der Waals surface area contributed by atoms with Crippen LogP contribution in [0.25, 0.3) is 6.08 Å². The van der Waals surface area contributed by atoms with E-state index in [4.69, 9.17) is 4.74 Å². The highest BCUT2D eigenvalue weighted by atomic mass is 32.1. The molecule has 2 aliphatic carbocycles. The van der Waals surface area contributed by atoms with E-state index in [1.165, 1.54) is 30.3 Å². The molecule has 2 aliphatic rings. The predicted molar refractivity (Wildman–Crippen MR) is 114 cm³/mol. The lowest BCUT2D eigenvalue weighted by atomic mass is 9.94. The van der Waals surface area contributed by atoms with Crippen molar-refractivity contribution in [3.05, 3.63) is 44.5 Å². The first-order valence-electron chi connectivity index (χ1n) is 9.62. The second-order valence-electron chi connectivity index (χ2n) is 7.29. The molecule has 1 saturated carbocycles. The van der Waals surface area contributed by atoms with Crippen molar-refractivity contribution in [2.24, 2.45) is 5.92 Å². The van der Waals surface area contributed by atoms with Crippen LogP contribution in [0.1, 0.15) is 40.8 Å². The summed E-state index contributed by atoms with van der Waals surface area (Å²) in [5.74, 6) is 0.342. The van der Waals surface area contributed by atoms with Crippen LogP contribution in [0, 0.1) is 17.2 Å². The number of fused-ring (bicyclic) bond motifs is 1. The summed E-state index contributed by atoms with van der Waals surface area (Å²) in [6, 6.07) is 4.16. The molecule has 1 atom stereocenters. The van der Waals surface area contributed by atoms with Gasteiger partial charge in [0, 0.05) is 23.9 Å². The Morgan fingerprint density at radius 2 is 2.21 bits per heavy atom. The van der Waals surface area contributed by atoms with Crippen LogP contribution in [0.4, 0.5) is 9.80 Å². The number of rotatable bonds is 6. The van der Waals surface area contributed by atoms with Crippen molar-refractivity contribution < 1.29 is 14.3 Å². The quantitative estimate of drug-likeness (QED) is 0.672. The van der Waals surface area contributed by atoms with Gasteiger partial charge in [-0.1, -0.05) is 0 Å². The zero-order chi connectivity index (χ0) is 20.2. The van der Waals surface area contributed by atoms with Gasteiger partial charge in [-0.15, -0.1) is 11.3 Å². The summed E-state index contributed by atoms with van der Waals surface area (Å²) in [6.45, 7) is 0.684. The molecule has 0 saturated heterocycles. The molecule has 4 rings (SSSR count). The van der Waals surface area contributed by atoms with E-state index in [9.17, 15) is 14.9 Å². The summed E-state index contributed by atoms with van der Waals surface area (Å²) in [7, 11) is 0. The van der Waals surface area contributed by atoms with Crippen LogP contribution >= 0.6 is 22.7 Å². The van der Waals surface area contributed by atoms with E-state index < -0.39 is 0 Å². The van der Waals surface area contributed by atoms with Gasteiger partial charge in [-0.3, -0.25) is 4.79 Å². The number of hydrogen-bond acceptors (Lipinski definition) is 6. The smallest absolute Gasteiger partial charge is 0.407 e. The first-order chi connectivity index (χ1) is 14.1. The number of alkyl carbamates (subject to hydrolysis) is 1. The lowest BCUT2D eigenvalue weighted by molar-refractivity contribution is -0.111. The van der Waals surface area contributed by atoms with Gasteiger partial charge in [0.25, 0.3) is 0 Å². The lowest BCUT2D eigenvalue weighted by Gasteiger charge is -2.22. The fourth-order valence-corrected chi connectivity index (χ4v) is 5.19. The molecule has 0 bridgehead atoms. The largest absolute Gasteiger partial charge is 0.446 e. The van der Waals surface area contributed by atoms with E-state index in [0.29, 0.717) is 42.3 Å². The van der Waals surface area contributed by atoms with Gasteiger partial charge >= 0.3 is 6.09 Å². The number of hydrogen-bond donors (Lipinski definition) is 2. The van der Waals surface area contributed by atoms with E-state index in [-0.39, 0.29) is 18.1 Å². The molecule has 2 aromatic heterocycles. The topological polar surface area (TPSA) is 91.2 Å². The van der Waals surface area contributed by atoms with E-state index in [1.807, 2.05) is 16.8 Å². The Kier molecular flexibility index (Phi) is 5.97. The van der Waals surface area contributed by atoms with Gasteiger partial charge in [0.15, 0.2) is 0 Å². The number of nitrogens with zero attached hydrogens (tertiary/aromatic N) is 1. The minimum absolute atomic E-state index is 0.200. The Labute approximate surface area is 177 Å². The zero-order valence-electron chi connectivity index (χ0n) is 15.8. The summed E-state index contributed by atoms with van der Waals surface area (Å²) in [6.07, 6.45) is 6.92. The molecule has 0 spiro atoms. The van der Waals surface area contributed by atoms with E-state index in [2.05, 4.69) is 16.7 Å². The van der Waals surface area contributed by atoms with Crippen molar-refractivity contribution in [2.45, 2.75) is 38.2 Å². The Balaban J connectivity index is 1.38. The maximum atomic E-state index is 12.3. The molecule has 150 valence electrons. The monoisotopic (exact) mass is 427 g/mol. The first-order valence-corrected chi connectivity index (χ1v) is 11.4. The maximum Gasteiger partial charge on any atom is 0.407 e. The Morgan fingerprint density at radius 1 is 1.34 bits per heavy atom. The molecule has 1 fully saturated rings. The normalized spacial score (nSPS) is 18.1. The van der Waals surface area contributed by atoms with Gasteiger partial charge < -0.3 is 15.4 Å². The van der Waals surface area contributed by atoms with Crippen LogP contribution in [-0.4, -0.2) is 24.6 Å². The fraction of sp³-hybridized carbons (Fsp3) is 0.381. The van der Waals surface area contributed by atoms with Crippen molar-refractivity contribution in [3.8, 4) is 6.07 Å². The van der Waals surface area contributed by atoms with Crippen LogP contribution in [0.2, 0.25) is 0 Å². The van der Waals surface area contributed by atoms with Crippen molar-refractivity contribution in [3.63, 3.8) is 0 Å². The van der Waals surface area contributed by atoms with Crippen LogP contribution in [0.3, 0.4) is 0 Å². The predicted octanol–water partition coefficient (Wildman–Crippen LogP) is 4.33. The molecule has 6 nitrogen and oxygen atoms in total. The minimum atomic E-state index is -0.366. The van der Waals surface area contributed by atoms with Gasteiger partial charge in [-0.2, -0.15) is 16.6 Å². The Bertz CT molecular complexity index is 968. The summed E-state index contributed by atoms with van der Waals surface area (Å²) < 4.78 is 5.55. The molecule has 2 heterocycles. The highest BCUT2D eigenvalue weighted by Crippen LogP contribution is 2.38. The minimum Gasteiger partial charge on any atom is -0.446 e. The molecule has 2 aromatic rings. The average molecular weight is 428 g/mol. The molecule has 2 amide bonds. The molecule has 8 heteroatoms. The van der Waals surface area contributed by atoms with Gasteiger partial charge in [-0.05, 0) is 65.6 Å². The number of amides is 2. The summed E-state index contributed by atoms with van der Waals surface area (Å²) in [5.41, 5.74) is 2.46. The van der Waals surface area contributed by atoms with E-state index in [1.54, 1.807) is 17.4 Å². The number of ether oxygens (including phenoxy) is 1. The summed E-state index contributed by atoms with van der Waals surface area (Å²) in [4.78, 5) is 25.2. The van der Waals surface area contributed by atoms with E-state index in [0.717, 1.165) is 16.0 Å². The third-order valence-electron chi connectivity index (χ3n) is 5.04. The van der Waals surface area contributed by atoms with Crippen LogP contribution in [-0.2, 0) is 22.4 Å². The molecule has 0 radical (unpaired) electrons. The van der Waals surface area contributed by atoms with Crippen LogP contribution < -0.4 is 10.6 Å². The molecular weight excluding hydrogens is 406 g/mol. The molecule has 1 unspecified atom stereocenters. The van der Waals surface area contributed by atoms with Crippen LogP contribution in [0.5, 0.6) is 0 Å². The molecule has 0 aromatic carbocycles. The van der Waals surface area contributed by atoms with Gasteiger partial charge in [0.05, 0.1) is 5.56 Å².